The summed E-state index contributed by atoms with van der Waals surface area (Å²) in [5.74, 6) is 1.36. The predicted molar refractivity (Wildman–Crippen MR) is 158 cm³/mol. The minimum Gasteiger partial charge on any atom is -0.351 e. The van der Waals surface area contributed by atoms with Crippen LogP contribution in [0.2, 0.25) is 0 Å². The van der Waals surface area contributed by atoms with Crippen molar-refractivity contribution in [2.75, 3.05) is 4.90 Å². The van der Waals surface area contributed by atoms with Crippen LogP contribution in [0.3, 0.4) is 0 Å². The molecule has 2 heteroatoms. The first-order chi connectivity index (χ1) is 18.7. The normalized spacial score (nSPS) is 30.4. The van der Waals surface area contributed by atoms with Gasteiger partial charge in [0.05, 0.1) is 17.7 Å². The number of benzene rings is 3. The molecule has 0 aromatic heterocycles. The van der Waals surface area contributed by atoms with Crippen LogP contribution in [0, 0.1) is 18.8 Å². The van der Waals surface area contributed by atoms with E-state index < -0.39 is 0 Å². The van der Waals surface area contributed by atoms with Crippen molar-refractivity contribution < 1.29 is 0 Å². The molecule has 0 bridgehead atoms. The van der Waals surface area contributed by atoms with Crippen molar-refractivity contribution in [1.82, 2.24) is 4.90 Å². The highest BCUT2D eigenvalue weighted by atomic mass is 15.5. The molecule has 1 saturated heterocycles. The summed E-state index contributed by atoms with van der Waals surface area (Å²) in [5, 5.41) is 0. The highest BCUT2D eigenvalue weighted by Crippen LogP contribution is 2.63. The molecule has 2 aliphatic heterocycles. The first-order valence-corrected chi connectivity index (χ1v) is 15.5. The van der Waals surface area contributed by atoms with E-state index >= 15 is 0 Å². The molecule has 0 spiro atoms. The highest BCUT2D eigenvalue weighted by Gasteiger charge is 2.64. The zero-order chi connectivity index (χ0) is 25.7. The van der Waals surface area contributed by atoms with Crippen molar-refractivity contribution in [3.05, 3.63) is 101 Å². The zero-order valence-corrected chi connectivity index (χ0v) is 23.4. The minimum atomic E-state index is -0.0588. The van der Waals surface area contributed by atoms with E-state index in [9.17, 15) is 0 Å². The first-order valence-electron chi connectivity index (χ1n) is 15.5. The van der Waals surface area contributed by atoms with Crippen molar-refractivity contribution in [3.8, 4) is 0 Å². The van der Waals surface area contributed by atoms with Gasteiger partial charge in [-0.05, 0) is 79.7 Å². The minimum absolute atomic E-state index is 0.0588. The Morgan fingerprint density at radius 1 is 0.684 bits per heavy atom. The maximum Gasteiger partial charge on any atom is 0.0868 e. The summed E-state index contributed by atoms with van der Waals surface area (Å²) in [6, 6.07) is 31.4. The van der Waals surface area contributed by atoms with E-state index in [-0.39, 0.29) is 5.54 Å². The van der Waals surface area contributed by atoms with Gasteiger partial charge in [-0.1, -0.05) is 111 Å². The average molecular weight is 505 g/mol. The Labute approximate surface area is 230 Å². The number of fused-ring (bicyclic) bond motifs is 3. The molecule has 2 heterocycles. The fraction of sp³-hybridized carbons (Fsp3) is 0.500. The topological polar surface area (TPSA) is 6.48 Å². The summed E-state index contributed by atoms with van der Waals surface area (Å²) in [5.41, 5.74) is 7.54. The highest BCUT2D eigenvalue weighted by molar-refractivity contribution is 5.61. The Balaban J connectivity index is 1.51. The fourth-order valence-electron chi connectivity index (χ4n) is 9.29. The third kappa shape index (κ3) is 3.55. The largest absolute Gasteiger partial charge is 0.351 e. The van der Waals surface area contributed by atoms with Crippen molar-refractivity contribution in [3.63, 3.8) is 0 Å². The van der Waals surface area contributed by atoms with E-state index in [4.69, 9.17) is 0 Å². The van der Waals surface area contributed by atoms with Crippen molar-refractivity contribution in [2.24, 2.45) is 11.8 Å². The number of nitrogens with zero attached hydrogens (tertiary/aromatic N) is 2. The monoisotopic (exact) mass is 504 g/mol. The van der Waals surface area contributed by atoms with Gasteiger partial charge in [0.15, 0.2) is 0 Å². The van der Waals surface area contributed by atoms with Crippen LogP contribution in [-0.4, -0.2) is 17.1 Å². The molecule has 0 radical (unpaired) electrons. The molecule has 0 amide bonds. The lowest BCUT2D eigenvalue weighted by molar-refractivity contribution is -0.00296. The van der Waals surface area contributed by atoms with Gasteiger partial charge in [0.1, 0.15) is 0 Å². The van der Waals surface area contributed by atoms with Crippen LogP contribution in [0.5, 0.6) is 0 Å². The van der Waals surface area contributed by atoms with Crippen LogP contribution in [0.4, 0.5) is 5.69 Å². The van der Waals surface area contributed by atoms with Gasteiger partial charge >= 0.3 is 0 Å². The van der Waals surface area contributed by atoms with E-state index in [1.165, 1.54) is 81.0 Å². The van der Waals surface area contributed by atoms with Gasteiger partial charge in [-0.25, -0.2) is 0 Å². The maximum absolute atomic E-state index is 3.12. The lowest BCUT2D eigenvalue weighted by atomic mass is 9.66. The second kappa shape index (κ2) is 9.87. The average Bonchev–Trinajstić information content (AvgIpc) is 3.45. The summed E-state index contributed by atoms with van der Waals surface area (Å²) in [4.78, 5) is 6.02. The van der Waals surface area contributed by atoms with Gasteiger partial charge in [-0.3, -0.25) is 4.90 Å². The van der Waals surface area contributed by atoms with Crippen LogP contribution in [0.25, 0.3) is 0 Å². The Hall–Kier alpha value is -2.58. The van der Waals surface area contributed by atoms with Gasteiger partial charge in [0.25, 0.3) is 0 Å². The van der Waals surface area contributed by atoms with Crippen molar-refractivity contribution >= 4 is 5.69 Å². The van der Waals surface area contributed by atoms with Crippen molar-refractivity contribution in [1.29, 1.82) is 0 Å². The van der Waals surface area contributed by atoms with Gasteiger partial charge in [0, 0.05) is 11.7 Å². The predicted octanol–water partition coefficient (Wildman–Crippen LogP) is 8.99. The van der Waals surface area contributed by atoms with Crippen LogP contribution in [-0.2, 0) is 5.54 Å². The SMILES string of the molecule is Cc1ccccc1N1C(C2CCCCC2)N2C(c3ccccc3C2(c2ccccc2)C2CCCCC2)[C@@H]1C. The number of anilines is 1. The van der Waals surface area contributed by atoms with Crippen molar-refractivity contribution in [2.45, 2.75) is 102 Å². The molecule has 4 aliphatic rings. The zero-order valence-electron chi connectivity index (χ0n) is 23.4. The quantitative estimate of drug-likeness (QED) is 0.350. The van der Waals surface area contributed by atoms with E-state index in [0.717, 1.165) is 0 Å². The lowest BCUT2D eigenvalue weighted by Crippen LogP contribution is -2.57. The number of hydrogen-bond donors (Lipinski definition) is 0. The molecular formula is C36H44N2. The van der Waals surface area contributed by atoms with Crippen LogP contribution in [0.15, 0.2) is 78.9 Å². The molecule has 2 saturated carbocycles. The summed E-state index contributed by atoms with van der Waals surface area (Å²) in [7, 11) is 0. The molecule has 3 aromatic carbocycles. The van der Waals surface area contributed by atoms with Gasteiger partial charge < -0.3 is 4.90 Å². The number of para-hydroxylation sites is 1. The molecule has 198 valence electrons. The van der Waals surface area contributed by atoms with Crippen LogP contribution >= 0.6 is 0 Å². The second-order valence-electron chi connectivity index (χ2n) is 12.7. The molecule has 4 atom stereocenters. The third-order valence-electron chi connectivity index (χ3n) is 10.7. The van der Waals surface area contributed by atoms with E-state index in [0.29, 0.717) is 30.1 Å². The molecule has 0 N–H and O–H groups in total. The molecule has 7 rings (SSSR count). The second-order valence-corrected chi connectivity index (χ2v) is 12.7. The smallest absolute Gasteiger partial charge is 0.0868 e. The molecule has 2 aliphatic carbocycles. The Morgan fingerprint density at radius 2 is 1.32 bits per heavy atom. The summed E-state index contributed by atoms with van der Waals surface area (Å²) in [6.45, 7) is 4.86. The summed E-state index contributed by atoms with van der Waals surface area (Å²) >= 11 is 0. The van der Waals surface area contributed by atoms with Gasteiger partial charge in [-0.15, -0.1) is 0 Å². The number of aryl methyl sites for hydroxylation is 1. The molecule has 3 unspecified atom stereocenters. The van der Waals surface area contributed by atoms with E-state index in [1.54, 1.807) is 11.1 Å². The first kappa shape index (κ1) is 24.5. The van der Waals surface area contributed by atoms with Gasteiger partial charge in [-0.2, -0.15) is 0 Å². The van der Waals surface area contributed by atoms with Crippen LogP contribution in [0.1, 0.15) is 99.4 Å². The maximum atomic E-state index is 3.12. The number of hydrogen-bond acceptors (Lipinski definition) is 2. The standard InChI is InChI=1S/C36H44N2/c1-26-16-12-15-25-33(26)37-27(2)34-31-23-13-14-24-32(31)36(29-19-8-4-9-20-29,30-21-10-5-11-22-30)38(34)35(37)28-17-6-3-7-18-28/h4,8-9,12-16,19-20,23-25,27-28,30,34-35H,3,5-7,10-11,17-18,21-22H2,1-2H3/t27-,34?,35?,36?/m0/s1. The number of rotatable bonds is 4. The summed E-state index contributed by atoms with van der Waals surface area (Å²) < 4.78 is 0. The Kier molecular flexibility index (Phi) is 6.35. The Bertz CT molecular complexity index is 1260. The van der Waals surface area contributed by atoms with Gasteiger partial charge in [0.2, 0.25) is 0 Å². The summed E-state index contributed by atoms with van der Waals surface area (Å²) in [6.07, 6.45) is 14.1. The molecular weight excluding hydrogens is 460 g/mol. The van der Waals surface area contributed by atoms with E-state index in [1.807, 2.05) is 0 Å². The lowest BCUT2D eigenvalue weighted by Gasteiger charge is -2.52. The molecule has 3 aromatic rings. The molecule has 2 nitrogen and oxygen atoms in total. The molecule has 3 fully saturated rings. The van der Waals surface area contributed by atoms with Crippen LogP contribution < -0.4 is 4.90 Å². The van der Waals surface area contributed by atoms with E-state index in [2.05, 4.69) is 103 Å². The molecule has 38 heavy (non-hydrogen) atoms. The third-order valence-corrected chi connectivity index (χ3v) is 10.7. The fourth-order valence-corrected chi connectivity index (χ4v) is 9.29. The Morgan fingerprint density at radius 3 is 2.05 bits per heavy atom.